The van der Waals surface area contributed by atoms with Gasteiger partial charge in [-0.05, 0) is 31.2 Å². The SMILES string of the molecule is C[C@H]1CNCCN1CCC(=O)Nc1ccccc1Oc1ccccc1.Cl. The number of halogens is 1. The molecule has 1 amide bonds. The summed E-state index contributed by atoms with van der Waals surface area (Å²) in [5, 5.41) is 6.34. The average molecular weight is 376 g/mol. The van der Waals surface area contributed by atoms with Crippen molar-refractivity contribution >= 4 is 24.0 Å². The molecule has 0 aromatic heterocycles. The molecule has 1 heterocycles. The Kier molecular flexibility index (Phi) is 7.91. The van der Waals surface area contributed by atoms with Gasteiger partial charge in [-0.25, -0.2) is 0 Å². The van der Waals surface area contributed by atoms with E-state index in [1.54, 1.807) is 0 Å². The number of nitrogens with one attached hydrogen (secondary N) is 2. The van der Waals surface area contributed by atoms with Crippen molar-refractivity contribution in [1.29, 1.82) is 0 Å². The van der Waals surface area contributed by atoms with E-state index in [-0.39, 0.29) is 18.3 Å². The van der Waals surface area contributed by atoms with Gasteiger partial charge in [0.1, 0.15) is 5.75 Å². The van der Waals surface area contributed by atoms with Gasteiger partial charge in [0.05, 0.1) is 5.69 Å². The highest BCUT2D eigenvalue weighted by atomic mass is 35.5. The fourth-order valence-corrected chi connectivity index (χ4v) is 2.95. The van der Waals surface area contributed by atoms with E-state index in [0.29, 0.717) is 23.9 Å². The molecule has 26 heavy (non-hydrogen) atoms. The molecule has 0 bridgehead atoms. The number of benzene rings is 2. The van der Waals surface area contributed by atoms with Crippen molar-refractivity contribution in [2.45, 2.75) is 19.4 Å². The summed E-state index contributed by atoms with van der Waals surface area (Å²) >= 11 is 0. The second-order valence-electron chi connectivity index (χ2n) is 6.30. The number of ether oxygens (including phenoxy) is 1. The first-order valence-electron chi connectivity index (χ1n) is 8.79. The smallest absolute Gasteiger partial charge is 0.225 e. The lowest BCUT2D eigenvalue weighted by atomic mass is 10.2. The monoisotopic (exact) mass is 375 g/mol. The zero-order chi connectivity index (χ0) is 17.5. The van der Waals surface area contributed by atoms with Crippen LogP contribution in [0.3, 0.4) is 0 Å². The number of rotatable bonds is 6. The third-order valence-electron chi connectivity index (χ3n) is 4.40. The molecule has 140 valence electrons. The second-order valence-corrected chi connectivity index (χ2v) is 6.30. The number of hydrogen-bond donors (Lipinski definition) is 2. The molecule has 2 aromatic rings. The number of carbonyl (C=O) groups is 1. The third-order valence-corrected chi connectivity index (χ3v) is 4.40. The Morgan fingerprint density at radius 1 is 1.19 bits per heavy atom. The summed E-state index contributed by atoms with van der Waals surface area (Å²) < 4.78 is 5.89. The summed E-state index contributed by atoms with van der Waals surface area (Å²) in [5.74, 6) is 1.41. The van der Waals surface area contributed by atoms with Crippen LogP contribution in [0.2, 0.25) is 0 Å². The largest absolute Gasteiger partial charge is 0.455 e. The lowest BCUT2D eigenvalue weighted by Gasteiger charge is -2.33. The highest BCUT2D eigenvalue weighted by molar-refractivity contribution is 5.92. The summed E-state index contributed by atoms with van der Waals surface area (Å²) in [7, 11) is 0. The van der Waals surface area contributed by atoms with Crippen LogP contribution in [0, 0.1) is 0 Å². The number of carbonyl (C=O) groups excluding carboxylic acids is 1. The van der Waals surface area contributed by atoms with E-state index in [9.17, 15) is 4.79 Å². The van der Waals surface area contributed by atoms with Crippen molar-refractivity contribution in [3.63, 3.8) is 0 Å². The minimum atomic E-state index is 0. The van der Waals surface area contributed by atoms with Gasteiger partial charge >= 0.3 is 0 Å². The zero-order valence-corrected chi connectivity index (χ0v) is 15.8. The van der Waals surface area contributed by atoms with Crippen LogP contribution >= 0.6 is 12.4 Å². The fourth-order valence-electron chi connectivity index (χ4n) is 2.95. The molecule has 2 N–H and O–H groups in total. The van der Waals surface area contributed by atoms with E-state index in [1.807, 2.05) is 54.6 Å². The van der Waals surface area contributed by atoms with Crippen LogP contribution < -0.4 is 15.4 Å². The molecule has 0 unspecified atom stereocenters. The normalized spacial score (nSPS) is 17.2. The van der Waals surface area contributed by atoms with Gasteiger partial charge in [-0.3, -0.25) is 9.69 Å². The Bertz CT molecular complexity index is 696. The average Bonchev–Trinajstić information content (AvgIpc) is 2.64. The summed E-state index contributed by atoms with van der Waals surface area (Å²) in [6, 6.07) is 17.6. The second kappa shape index (κ2) is 10.2. The molecule has 0 aliphatic carbocycles. The van der Waals surface area contributed by atoms with E-state index in [2.05, 4.69) is 22.5 Å². The number of hydrogen-bond acceptors (Lipinski definition) is 4. The van der Waals surface area contributed by atoms with Crippen LogP contribution in [0.1, 0.15) is 13.3 Å². The highest BCUT2D eigenvalue weighted by Crippen LogP contribution is 2.29. The minimum absolute atomic E-state index is 0. The van der Waals surface area contributed by atoms with Crippen molar-refractivity contribution in [2.24, 2.45) is 0 Å². The molecule has 0 spiro atoms. The third kappa shape index (κ3) is 5.73. The maximum Gasteiger partial charge on any atom is 0.225 e. The number of amides is 1. The molecule has 3 rings (SSSR count). The molecule has 2 aromatic carbocycles. The highest BCUT2D eigenvalue weighted by Gasteiger charge is 2.18. The summed E-state index contributed by atoms with van der Waals surface area (Å²) in [6.45, 7) is 5.92. The van der Waals surface area contributed by atoms with Gasteiger partial charge in [-0.15, -0.1) is 12.4 Å². The van der Waals surface area contributed by atoms with Crippen molar-refractivity contribution in [3.05, 3.63) is 54.6 Å². The summed E-state index contributed by atoms with van der Waals surface area (Å²) in [5.41, 5.74) is 0.699. The molecule has 0 saturated carbocycles. The van der Waals surface area contributed by atoms with E-state index in [4.69, 9.17) is 4.74 Å². The Morgan fingerprint density at radius 3 is 2.69 bits per heavy atom. The predicted molar refractivity (Wildman–Crippen MR) is 107 cm³/mol. The Labute approximate surface area is 161 Å². The molecular formula is C20H26ClN3O2. The van der Waals surface area contributed by atoms with Gasteiger partial charge in [0.2, 0.25) is 5.91 Å². The number of nitrogens with zero attached hydrogens (tertiary/aromatic N) is 1. The van der Waals surface area contributed by atoms with Gasteiger partial charge in [-0.2, -0.15) is 0 Å². The van der Waals surface area contributed by atoms with Crippen molar-refractivity contribution < 1.29 is 9.53 Å². The molecule has 1 aliphatic heterocycles. The van der Waals surface area contributed by atoms with E-state index < -0.39 is 0 Å². The standard InChI is InChI=1S/C20H25N3O2.ClH/c1-16-15-21-12-14-23(16)13-11-20(24)22-18-9-5-6-10-19(18)25-17-7-3-2-4-8-17;/h2-10,16,21H,11-15H2,1H3,(H,22,24);1H/t16-;/m0./s1. The van der Waals surface area contributed by atoms with Crippen LogP contribution in [0.5, 0.6) is 11.5 Å². The molecule has 1 atom stereocenters. The van der Waals surface area contributed by atoms with Gasteiger partial charge in [0.15, 0.2) is 5.75 Å². The maximum absolute atomic E-state index is 12.4. The van der Waals surface area contributed by atoms with E-state index >= 15 is 0 Å². The van der Waals surface area contributed by atoms with Gasteiger partial charge in [0, 0.05) is 38.6 Å². The van der Waals surface area contributed by atoms with Gasteiger partial charge < -0.3 is 15.4 Å². The quantitative estimate of drug-likeness (QED) is 0.811. The summed E-state index contributed by atoms with van der Waals surface area (Å²) in [4.78, 5) is 14.7. The van der Waals surface area contributed by atoms with Crippen molar-refractivity contribution in [2.75, 3.05) is 31.5 Å². The van der Waals surface area contributed by atoms with Crippen LogP contribution in [-0.4, -0.2) is 43.0 Å². The zero-order valence-electron chi connectivity index (χ0n) is 15.0. The minimum Gasteiger partial charge on any atom is -0.455 e. The summed E-state index contributed by atoms with van der Waals surface area (Å²) in [6.07, 6.45) is 0.476. The molecule has 5 nitrogen and oxygen atoms in total. The first-order chi connectivity index (χ1) is 12.2. The fraction of sp³-hybridized carbons (Fsp3) is 0.350. The van der Waals surface area contributed by atoms with E-state index in [1.165, 1.54) is 0 Å². The Hall–Kier alpha value is -2.08. The number of anilines is 1. The topological polar surface area (TPSA) is 53.6 Å². The van der Waals surface area contributed by atoms with Crippen molar-refractivity contribution in [1.82, 2.24) is 10.2 Å². The lowest BCUT2D eigenvalue weighted by Crippen LogP contribution is -2.50. The van der Waals surface area contributed by atoms with Gasteiger partial charge in [-0.1, -0.05) is 30.3 Å². The van der Waals surface area contributed by atoms with E-state index in [0.717, 1.165) is 31.9 Å². The van der Waals surface area contributed by atoms with Crippen LogP contribution in [-0.2, 0) is 4.79 Å². The van der Waals surface area contributed by atoms with Gasteiger partial charge in [0.25, 0.3) is 0 Å². The predicted octanol–water partition coefficient (Wildman–Crippen LogP) is 3.52. The molecule has 1 saturated heterocycles. The van der Waals surface area contributed by atoms with Crippen LogP contribution in [0.15, 0.2) is 54.6 Å². The van der Waals surface area contributed by atoms with Crippen molar-refractivity contribution in [3.8, 4) is 11.5 Å². The molecule has 1 aliphatic rings. The maximum atomic E-state index is 12.4. The Morgan fingerprint density at radius 2 is 1.92 bits per heavy atom. The molecule has 1 fully saturated rings. The molecular weight excluding hydrogens is 350 g/mol. The molecule has 6 heteroatoms. The first-order valence-corrected chi connectivity index (χ1v) is 8.79. The van der Waals surface area contributed by atoms with Crippen LogP contribution in [0.25, 0.3) is 0 Å². The lowest BCUT2D eigenvalue weighted by molar-refractivity contribution is -0.116. The molecule has 0 radical (unpaired) electrons. The van der Waals surface area contributed by atoms with Crippen LogP contribution in [0.4, 0.5) is 5.69 Å². The first kappa shape index (κ1) is 20.2. The number of piperazine rings is 1. The Balaban J connectivity index is 0.00000243. The number of para-hydroxylation sites is 3.